The van der Waals surface area contributed by atoms with Crippen molar-refractivity contribution in [2.75, 3.05) is 11.9 Å². The number of anilines is 1. The van der Waals surface area contributed by atoms with Crippen molar-refractivity contribution >= 4 is 11.7 Å². The second-order valence-corrected chi connectivity index (χ2v) is 3.49. The summed E-state index contributed by atoms with van der Waals surface area (Å²) in [6, 6.07) is 4.45. The number of halogens is 1. The van der Waals surface area contributed by atoms with Gasteiger partial charge in [0.2, 0.25) is 0 Å². The van der Waals surface area contributed by atoms with Gasteiger partial charge in [-0.15, -0.1) is 0 Å². The summed E-state index contributed by atoms with van der Waals surface area (Å²) in [5.41, 5.74) is 0.170. The summed E-state index contributed by atoms with van der Waals surface area (Å²) in [6.45, 7) is 1.45. The summed E-state index contributed by atoms with van der Waals surface area (Å²) in [7, 11) is 0. The van der Waals surface area contributed by atoms with Crippen LogP contribution in [-0.4, -0.2) is 23.8 Å². The van der Waals surface area contributed by atoms with Gasteiger partial charge >= 0.3 is 6.03 Å². The maximum atomic E-state index is 13.0. The Morgan fingerprint density at radius 3 is 2.94 bits per heavy atom. The average Bonchev–Trinajstić information content (AvgIpc) is 2.31. The molecule has 3 N–H and O–H groups in total. The van der Waals surface area contributed by atoms with Gasteiger partial charge in [-0.1, -0.05) is 0 Å². The topological polar surface area (TPSA) is 85.2 Å². The van der Waals surface area contributed by atoms with E-state index >= 15 is 0 Å². The fourth-order valence-electron chi connectivity index (χ4n) is 1.13. The fourth-order valence-corrected chi connectivity index (χ4v) is 1.13. The van der Waals surface area contributed by atoms with E-state index in [2.05, 4.69) is 10.6 Å². The zero-order valence-electron chi connectivity index (χ0n) is 9.20. The highest BCUT2D eigenvalue weighted by Gasteiger charge is 2.08. The first-order chi connectivity index (χ1) is 8.06. The first-order valence-corrected chi connectivity index (χ1v) is 4.95. The molecule has 17 heavy (non-hydrogen) atoms. The summed E-state index contributed by atoms with van der Waals surface area (Å²) in [4.78, 5) is 11.4. The van der Waals surface area contributed by atoms with Crippen molar-refractivity contribution in [3.63, 3.8) is 0 Å². The van der Waals surface area contributed by atoms with Crippen LogP contribution in [0.25, 0.3) is 0 Å². The number of rotatable bonds is 3. The van der Waals surface area contributed by atoms with E-state index in [1.165, 1.54) is 12.1 Å². The van der Waals surface area contributed by atoms with Crippen LogP contribution in [-0.2, 0) is 0 Å². The van der Waals surface area contributed by atoms with E-state index in [0.717, 1.165) is 6.07 Å². The molecule has 2 amide bonds. The molecule has 6 heteroatoms. The molecule has 0 aliphatic rings. The number of urea groups is 1. The number of carbonyl (C=O) groups is 1. The van der Waals surface area contributed by atoms with Crippen molar-refractivity contribution in [3.05, 3.63) is 29.6 Å². The van der Waals surface area contributed by atoms with Crippen molar-refractivity contribution in [1.29, 1.82) is 5.26 Å². The molecular weight excluding hydrogens is 225 g/mol. The second-order valence-electron chi connectivity index (χ2n) is 3.49. The molecule has 1 rings (SSSR count). The van der Waals surface area contributed by atoms with Gasteiger partial charge in [0.1, 0.15) is 11.9 Å². The first-order valence-electron chi connectivity index (χ1n) is 4.95. The third kappa shape index (κ3) is 3.74. The van der Waals surface area contributed by atoms with Crippen LogP contribution in [0.3, 0.4) is 0 Å². The van der Waals surface area contributed by atoms with Gasteiger partial charge < -0.3 is 15.7 Å². The number of hydrogen-bond acceptors (Lipinski definition) is 3. The Bertz CT molecular complexity index is 457. The molecule has 0 saturated carbocycles. The molecule has 1 aromatic rings. The van der Waals surface area contributed by atoms with Crippen LogP contribution < -0.4 is 10.6 Å². The molecule has 0 spiro atoms. The van der Waals surface area contributed by atoms with Gasteiger partial charge in [-0.05, 0) is 25.1 Å². The number of carbonyl (C=O) groups excluding carboxylic acids is 1. The van der Waals surface area contributed by atoms with Crippen molar-refractivity contribution in [2.45, 2.75) is 13.0 Å². The van der Waals surface area contributed by atoms with E-state index < -0.39 is 11.8 Å². The van der Waals surface area contributed by atoms with Gasteiger partial charge in [-0.2, -0.15) is 5.26 Å². The minimum absolute atomic E-state index is 0.141. The highest BCUT2D eigenvalue weighted by molar-refractivity contribution is 5.89. The van der Waals surface area contributed by atoms with Gasteiger partial charge in [0.05, 0.1) is 18.2 Å². The Balaban J connectivity index is 2.69. The zero-order valence-corrected chi connectivity index (χ0v) is 9.20. The summed E-state index contributed by atoms with van der Waals surface area (Å²) in [6.07, 6.45) is 0. The molecule has 0 bridgehead atoms. The quantitative estimate of drug-likeness (QED) is 0.738. The van der Waals surface area contributed by atoms with Gasteiger partial charge in [-0.25, -0.2) is 9.18 Å². The lowest BCUT2D eigenvalue weighted by molar-refractivity contribution is 0.229. The van der Waals surface area contributed by atoms with Crippen molar-refractivity contribution in [3.8, 4) is 6.07 Å². The van der Waals surface area contributed by atoms with Gasteiger partial charge in [0.15, 0.2) is 0 Å². The Morgan fingerprint density at radius 2 is 2.35 bits per heavy atom. The summed E-state index contributed by atoms with van der Waals surface area (Å²) in [5.74, 6) is -0.637. The van der Waals surface area contributed by atoms with Gasteiger partial charge in [-0.3, -0.25) is 0 Å². The Morgan fingerprint density at radius 1 is 1.65 bits per heavy atom. The maximum absolute atomic E-state index is 13.0. The van der Waals surface area contributed by atoms with Crippen LogP contribution in [0.5, 0.6) is 0 Å². The highest BCUT2D eigenvalue weighted by atomic mass is 19.1. The van der Waals surface area contributed by atoms with Gasteiger partial charge in [0.25, 0.3) is 0 Å². The number of aliphatic hydroxyl groups is 1. The number of nitrogens with zero attached hydrogens (tertiary/aromatic N) is 1. The smallest absolute Gasteiger partial charge is 0.319 e. The molecular formula is C11H12FN3O2. The minimum atomic E-state index is -0.637. The molecule has 5 nitrogen and oxygen atoms in total. The molecule has 0 radical (unpaired) electrons. The lowest BCUT2D eigenvalue weighted by atomic mass is 10.2. The Hall–Kier alpha value is -2.13. The van der Waals surface area contributed by atoms with E-state index in [0.29, 0.717) is 5.69 Å². The van der Waals surface area contributed by atoms with Crippen LogP contribution >= 0.6 is 0 Å². The van der Waals surface area contributed by atoms with E-state index in [-0.39, 0.29) is 18.2 Å². The average molecular weight is 237 g/mol. The molecule has 1 aromatic carbocycles. The molecule has 0 fully saturated rings. The SMILES string of the molecule is CC(CO)NC(=O)Nc1ccc(F)c(C#N)c1. The van der Waals surface area contributed by atoms with Crippen LogP contribution in [0, 0.1) is 17.1 Å². The number of amides is 2. The first kappa shape index (κ1) is 12.9. The lowest BCUT2D eigenvalue weighted by Crippen LogP contribution is -2.38. The highest BCUT2D eigenvalue weighted by Crippen LogP contribution is 2.13. The number of nitriles is 1. The second kappa shape index (κ2) is 5.82. The number of nitrogens with one attached hydrogen (secondary N) is 2. The molecule has 1 atom stereocenters. The predicted octanol–water partition coefficient (Wildman–Crippen LogP) is 1.20. The zero-order chi connectivity index (χ0) is 12.8. The van der Waals surface area contributed by atoms with E-state index in [9.17, 15) is 9.18 Å². The lowest BCUT2D eigenvalue weighted by Gasteiger charge is -2.12. The molecule has 1 unspecified atom stereocenters. The van der Waals surface area contributed by atoms with Crippen molar-refractivity contribution in [1.82, 2.24) is 5.32 Å². The number of hydrogen-bond donors (Lipinski definition) is 3. The largest absolute Gasteiger partial charge is 0.394 e. The van der Waals surface area contributed by atoms with Gasteiger partial charge in [0, 0.05) is 5.69 Å². The molecule has 0 heterocycles. The summed E-state index contributed by atoms with van der Waals surface area (Å²) < 4.78 is 13.0. The van der Waals surface area contributed by atoms with Crippen LogP contribution in [0.4, 0.5) is 14.9 Å². The van der Waals surface area contributed by atoms with Crippen molar-refractivity contribution < 1.29 is 14.3 Å². The summed E-state index contributed by atoms with van der Waals surface area (Å²) in [5, 5.41) is 22.2. The molecule has 0 aromatic heterocycles. The summed E-state index contributed by atoms with van der Waals surface area (Å²) >= 11 is 0. The Kier molecular flexibility index (Phi) is 4.43. The molecule has 0 aliphatic heterocycles. The predicted molar refractivity (Wildman–Crippen MR) is 59.8 cm³/mol. The minimum Gasteiger partial charge on any atom is -0.394 e. The van der Waals surface area contributed by atoms with Crippen LogP contribution in [0.2, 0.25) is 0 Å². The Labute approximate surface area is 97.9 Å². The number of benzene rings is 1. The monoisotopic (exact) mass is 237 g/mol. The van der Waals surface area contributed by atoms with E-state index in [1.54, 1.807) is 13.0 Å². The maximum Gasteiger partial charge on any atom is 0.319 e. The van der Waals surface area contributed by atoms with Crippen LogP contribution in [0.1, 0.15) is 12.5 Å². The molecule has 0 saturated heterocycles. The third-order valence-corrected chi connectivity index (χ3v) is 2.00. The van der Waals surface area contributed by atoms with E-state index in [4.69, 9.17) is 10.4 Å². The van der Waals surface area contributed by atoms with E-state index in [1.807, 2.05) is 0 Å². The third-order valence-electron chi connectivity index (χ3n) is 2.00. The normalized spacial score (nSPS) is 11.4. The standard InChI is InChI=1S/C11H12FN3O2/c1-7(6-16)14-11(17)15-9-2-3-10(12)8(4-9)5-13/h2-4,7,16H,6H2,1H3,(H2,14,15,17). The molecule has 90 valence electrons. The fraction of sp³-hybridized carbons (Fsp3) is 0.273. The van der Waals surface area contributed by atoms with Crippen LogP contribution in [0.15, 0.2) is 18.2 Å². The number of aliphatic hydroxyl groups excluding tert-OH is 1. The molecule has 0 aliphatic carbocycles. The van der Waals surface area contributed by atoms with Crippen molar-refractivity contribution in [2.24, 2.45) is 0 Å².